The van der Waals surface area contributed by atoms with Gasteiger partial charge in [-0.25, -0.2) is 0 Å². The standard InChI is InChI=1S/C18H32N2O2/c1-15-7-11-19(12-8-15)17(21)5-3-4-6-18(22)20-13-9-16(2)10-14-20/h15-16H,3-14H2,1-2H3. The molecule has 2 rings (SSSR count). The van der Waals surface area contributed by atoms with Crippen molar-refractivity contribution in [1.82, 2.24) is 9.80 Å². The Bertz CT molecular complexity index is 331. The Balaban J connectivity index is 1.56. The number of hydrogen-bond donors (Lipinski definition) is 0. The summed E-state index contributed by atoms with van der Waals surface area (Å²) in [5.74, 6) is 2.08. The SMILES string of the molecule is CC1CCN(C(=O)CCCCC(=O)N2CCC(C)CC2)CC1. The highest BCUT2D eigenvalue weighted by Crippen LogP contribution is 2.19. The maximum absolute atomic E-state index is 12.1. The van der Waals surface area contributed by atoms with Crippen molar-refractivity contribution in [3.63, 3.8) is 0 Å². The smallest absolute Gasteiger partial charge is 0.222 e. The van der Waals surface area contributed by atoms with Gasteiger partial charge in [-0.05, 0) is 50.4 Å². The lowest BCUT2D eigenvalue weighted by molar-refractivity contribution is -0.134. The third kappa shape index (κ3) is 5.29. The van der Waals surface area contributed by atoms with Crippen LogP contribution < -0.4 is 0 Å². The maximum atomic E-state index is 12.1. The highest BCUT2D eigenvalue weighted by atomic mass is 16.2. The molecule has 0 aromatic carbocycles. The molecule has 2 aliphatic heterocycles. The number of hydrogen-bond acceptors (Lipinski definition) is 2. The summed E-state index contributed by atoms with van der Waals surface area (Å²) >= 11 is 0. The number of carbonyl (C=O) groups excluding carboxylic acids is 2. The second-order valence-electron chi connectivity index (χ2n) is 7.33. The molecule has 0 spiro atoms. The van der Waals surface area contributed by atoms with Gasteiger partial charge in [0.25, 0.3) is 0 Å². The van der Waals surface area contributed by atoms with Gasteiger partial charge in [0.05, 0.1) is 0 Å². The second-order valence-corrected chi connectivity index (χ2v) is 7.33. The highest BCUT2D eigenvalue weighted by molar-refractivity contribution is 5.77. The lowest BCUT2D eigenvalue weighted by Crippen LogP contribution is -2.38. The zero-order chi connectivity index (χ0) is 15.9. The Morgan fingerprint density at radius 1 is 0.727 bits per heavy atom. The van der Waals surface area contributed by atoms with E-state index >= 15 is 0 Å². The molecule has 0 bridgehead atoms. The van der Waals surface area contributed by atoms with Crippen molar-refractivity contribution < 1.29 is 9.59 Å². The fraction of sp³-hybridized carbons (Fsp3) is 0.889. The zero-order valence-corrected chi connectivity index (χ0v) is 14.4. The largest absolute Gasteiger partial charge is 0.343 e. The van der Waals surface area contributed by atoms with E-state index in [-0.39, 0.29) is 11.8 Å². The number of unbranched alkanes of at least 4 members (excludes halogenated alkanes) is 1. The van der Waals surface area contributed by atoms with E-state index in [0.717, 1.165) is 76.5 Å². The minimum Gasteiger partial charge on any atom is -0.343 e. The molecule has 2 aliphatic rings. The first kappa shape index (κ1) is 17.3. The Morgan fingerprint density at radius 3 is 1.36 bits per heavy atom. The molecule has 0 unspecified atom stereocenters. The number of rotatable bonds is 5. The van der Waals surface area contributed by atoms with Gasteiger partial charge in [-0.2, -0.15) is 0 Å². The third-order valence-corrected chi connectivity index (χ3v) is 5.30. The summed E-state index contributed by atoms with van der Waals surface area (Å²) < 4.78 is 0. The van der Waals surface area contributed by atoms with Crippen LogP contribution in [0, 0.1) is 11.8 Å². The normalized spacial score (nSPS) is 21.2. The number of carbonyl (C=O) groups is 2. The number of nitrogens with zero attached hydrogens (tertiary/aromatic N) is 2. The van der Waals surface area contributed by atoms with Gasteiger partial charge in [-0.15, -0.1) is 0 Å². The molecule has 0 radical (unpaired) electrons. The molecule has 0 aromatic rings. The number of likely N-dealkylation sites (tertiary alicyclic amines) is 2. The number of piperidine rings is 2. The first-order valence-corrected chi connectivity index (χ1v) is 9.12. The molecule has 0 aromatic heterocycles. The zero-order valence-electron chi connectivity index (χ0n) is 14.4. The summed E-state index contributed by atoms with van der Waals surface area (Å²) in [7, 11) is 0. The average Bonchev–Trinajstić information content (AvgIpc) is 2.52. The molecule has 2 amide bonds. The Morgan fingerprint density at radius 2 is 1.05 bits per heavy atom. The average molecular weight is 308 g/mol. The Kier molecular flexibility index (Phi) is 6.71. The Labute approximate surface area is 135 Å². The molecular weight excluding hydrogens is 276 g/mol. The van der Waals surface area contributed by atoms with Crippen molar-refractivity contribution in [2.24, 2.45) is 11.8 Å². The van der Waals surface area contributed by atoms with Gasteiger partial charge in [-0.3, -0.25) is 9.59 Å². The van der Waals surface area contributed by atoms with Crippen LogP contribution in [0.25, 0.3) is 0 Å². The van der Waals surface area contributed by atoms with Crippen LogP contribution in [-0.4, -0.2) is 47.8 Å². The minimum absolute atomic E-state index is 0.283. The van der Waals surface area contributed by atoms with Crippen molar-refractivity contribution in [3.8, 4) is 0 Å². The molecule has 126 valence electrons. The van der Waals surface area contributed by atoms with Crippen molar-refractivity contribution in [2.45, 2.75) is 65.2 Å². The molecule has 0 saturated carbocycles. The fourth-order valence-electron chi connectivity index (χ4n) is 3.38. The molecule has 0 atom stereocenters. The first-order valence-electron chi connectivity index (χ1n) is 9.12. The van der Waals surface area contributed by atoms with E-state index in [2.05, 4.69) is 13.8 Å². The lowest BCUT2D eigenvalue weighted by Gasteiger charge is -2.31. The monoisotopic (exact) mass is 308 g/mol. The van der Waals surface area contributed by atoms with Crippen LogP contribution in [0.5, 0.6) is 0 Å². The predicted molar refractivity (Wildman–Crippen MR) is 88.4 cm³/mol. The third-order valence-electron chi connectivity index (χ3n) is 5.30. The van der Waals surface area contributed by atoms with Crippen molar-refractivity contribution in [1.29, 1.82) is 0 Å². The van der Waals surface area contributed by atoms with Crippen molar-refractivity contribution >= 4 is 11.8 Å². The maximum Gasteiger partial charge on any atom is 0.222 e. The van der Waals surface area contributed by atoms with Crippen LogP contribution in [0.15, 0.2) is 0 Å². The van der Waals surface area contributed by atoms with Crippen molar-refractivity contribution in [3.05, 3.63) is 0 Å². The van der Waals surface area contributed by atoms with Gasteiger partial charge >= 0.3 is 0 Å². The summed E-state index contributed by atoms with van der Waals surface area (Å²) in [6.07, 6.45) is 7.46. The molecule has 0 aliphatic carbocycles. The van der Waals surface area contributed by atoms with Gasteiger partial charge in [0.2, 0.25) is 11.8 Å². The summed E-state index contributed by atoms with van der Waals surface area (Å²) in [5.41, 5.74) is 0. The van der Waals surface area contributed by atoms with Crippen LogP contribution in [0.1, 0.15) is 65.2 Å². The van der Waals surface area contributed by atoms with Gasteiger partial charge in [0, 0.05) is 39.0 Å². The van der Waals surface area contributed by atoms with Crippen LogP contribution in [-0.2, 0) is 9.59 Å². The van der Waals surface area contributed by atoms with Crippen LogP contribution in [0.4, 0.5) is 0 Å². The van der Waals surface area contributed by atoms with Gasteiger partial charge in [0.1, 0.15) is 0 Å². The van der Waals surface area contributed by atoms with Crippen LogP contribution in [0.3, 0.4) is 0 Å². The fourth-order valence-corrected chi connectivity index (χ4v) is 3.38. The van der Waals surface area contributed by atoms with Crippen LogP contribution >= 0.6 is 0 Å². The number of amides is 2. The summed E-state index contributed by atoms with van der Waals surface area (Å²) in [5, 5.41) is 0. The summed E-state index contributed by atoms with van der Waals surface area (Å²) in [6.45, 7) is 8.20. The van der Waals surface area contributed by atoms with E-state index in [1.165, 1.54) is 0 Å². The predicted octanol–water partition coefficient (Wildman–Crippen LogP) is 3.06. The highest BCUT2D eigenvalue weighted by Gasteiger charge is 2.21. The van der Waals surface area contributed by atoms with Gasteiger partial charge < -0.3 is 9.80 Å². The minimum atomic E-state index is 0.283. The molecule has 22 heavy (non-hydrogen) atoms. The van der Waals surface area contributed by atoms with E-state index in [9.17, 15) is 9.59 Å². The van der Waals surface area contributed by atoms with E-state index in [4.69, 9.17) is 0 Å². The molecule has 2 saturated heterocycles. The molecule has 2 fully saturated rings. The van der Waals surface area contributed by atoms with E-state index in [0.29, 0.717) is 12.8 Å². The van der Waals surface area contributed by atoms with E-state index in [1.54, 1.807) is 0 Å². The summed E-state index contributed by atoms with van der Waals surface area (Å²) in [6, 6.07) is 0. The molecule has 4 heteroatoms. The topological polar surface area (TPSA) is 40.6 Å². The molecule has 2 heterocycles. The lowest BCUT2D eigenvalue weighted by atomic mass is 9.98. The first-order chi connectivity index (χ1) is 10.6. The van der Waals surface area contributed by atoms with Crippen molar-refractivity contribution in [2.75, 3.05) is 26.2 Å². The van der Waals surface area contributed by atoms with Crippen LogP contribution in [0.2, 0.25) is 0 Å². The Hall–Kier alpha value is -1.06. The quantitative estimate of drug-likeness (QED) is 0.732. The summed E-state index contributed by atoms with van der Waals surface area (Å²) in [4.78, 5) is 28.3. The molecular formula is C18H32N2O2. The van der Waals surface area contributed by atoms with E-state index in [1.807, 2.05) is 9.80 Å². The molecule has 0 N–H and O–H groups in total. The second kappa shape index (κ2) is 8.54. The van der Waals surface area contributed by atoms with Gasteiger partial charge in [0.15, 0.2) is 0 Å². The molecule has 4 nitrogen and oxygen atoms in total. The van der Waals surface area contributed by atoms with E-state index < -0.39 is 0 Å². The van der Waals surface area contributed by atoms with Gasteiger partial charge in [-0.1, -0.05) is 13.8 Å².